The number of rotatable bonds is 3. The lowest BCUT2D eigenvalue weighted by Gasteiger charge is -2.25. The highest BCUT2D eigenvalue weighted by atomic mass is 35.5. The number of nitrogen functional groups attached to an aromatic ring is 1. The molecule has 1 aliphatic heterocycles. The number of halogens is 1. The highest BCUT2D eigenvalue weighted by molar-refractivity contribution is 7.18. The topological polar surface area (TPSA) is 102 Å². The first-order valence-corrected chi connectivity index (χ1v) is 9.94. The monoisotopic (exact) mass is 419 g/mol. The second kappa shape index (κ2) is 7.33. The zero-order valence-corrected chi connectivity index (χ0v) is 16.6. The van der Waals surface area contributed by atoms with Gasteiger partial charge in [-0.15, -0.1) is 11.3 Å². The number of hydrogen-bond donors (Lipinski definition) is 2. The molecular formula is C18H18ClN5O3S. The average molecular weight is 420 g/mol. The van der Waals surface area contributed by atoms with Gasteiger partial charge in [0, 0.05) is 22.1 Å². The van der Waals surface area contributed by atoms with Gasteiger partial charge in [0.1, 0.15) is 4.83 Å². The number of ether oxygens (including phenoxy) is 1. The van der Waals surface area contributed by atoms with E-state index in [-0.39, 0.29) is 17.6 Å². The van der Waals surface area contributed by atoms with Crippen molar-refractivity contribution in [3.63, 3.8) is 0 Å². The fraction of sp³-hybridized carbons (Fsp3) is 0.278. The van der Waals surface area contributed by atoms with Crippen LogP contribution in [-0.2, 0) is 17.7 Å². The second-order valence-electron chi connectivity index (χ2n) is 6.30. The molecule has 8 nitrogen and oxygen atoms in total. The summed E-state index contributed by atoms with van der Waals surface area (Å²) in [5, 5.41) is 4.18. The van der Waals surface area contributed by atoms with Crippen molar-refractivity contribution in [1.29, 1.82) is 0 Å². The quantitative estimate of drug-likeness (QED) is 0.632. The molecule has 0 fully saturated rings. The van der Waals surface area contributed by atoms with Crippen LogP contribution >= 0.6 is 22.9 Å². The van der Waals surface area contributed by atoms with E-state index in [0.717, 1.165) is 15.1 Å². The fourth-order valence-corrected chi connectivity index (χ4v) is 4.53. The molecule has 146 valence electrons. The Balaban J connectivity index is 1.71. The third kappa shape index (κ3) is 3.27. The summed E-state index contributed by atoms with van der Waals surface area (Å²) in [6.07, 6.45) is 0.217. The zero-order valence-electron chi connectivity index (χ0n) is 15.1. The zero-order chi connectivity index (χ0) is 19.8. The summed E-state index contributed by atoms with van der Waals surface area (Å²) in [5.41, 5.74) is 1.31. The second-order valence-corrected chi connectivity index (χ2v) is 7.82. The first-order chi connectivity index (χ1) is 13.5. The number of carbonyl (C=O) groups excluding carboxylic acids is 1. The molecule has 0 saturated carbocycles. The summed E-state index contributed by atoms with van der Waals surface area (Å²) in [6.45, 7) is 2.99. The van der Waals surface area contributed by atoms with Crippen LogP contribution in [0.2, 0.25) is 5.02 Å². The summed E-state index contributed by atoms with van der Waals surface area (Å²) in [4.78, 5) is 32.6. The molecule has 3 aromatic rings. The van der Waals surface area contributed by atoms with Crippen molar-refractivity contribution in [1.82, 2.24) is 14.6 Å². The fourth-order valence-electron chi connectivity index (χ4n) is 3.18. The van der Waals surface area contributed by atoms with Gasteiger partial charge in [-0.1, -0.05) is 11.6 Å². The summed E-state index contributed by atoms with van der Waals surface area (Å²) in [7, 11) is 0. The van der Waals surface area contributed by atoms with Gasteiger partial charge in [0.15, 0.2) is 0 Å². The lowest BCUT2D eigenvalue weighted by molar-refractivity contribution is 0.103. The molecule has 28 heavy (non-hydrogen) atoms. The summed E-state index contributed by atoms with van der Waals surface area (Å²) >= 11 is 7.30. The molecule has 2 aromatic heterocycles. The number of nitrogens with one attached hydrogen (secondary N) is 1. The summed E-state index contributed by atoms with van der Waals surface area (Å²) < 4.78 is 6.09. The van der Waals surface area contributed by atoms with Gasteiger partial charge >= 0.3 is 6.09 Å². The third-order valence-corrected chi connectivity index (χ3v) is 5.90. The van der Waals surface area contributed by atoms with Crippen LogP contribution < -0.4 is 16.7 Å². The van der Waals surface area contributed by atoms with Crippen molar-refractivity contribution in [2.24, 2.45) is 0 Å². The van der Waals surface area contributed by atoms with E-state index in [2.05, 4.69) is 10.3 Å². The molecule has 0 spiro atoms. The van der Waals surface area contributed by atoms with E-state index in [9.17, 15) is 9.59 Å². The van der Waals surface area contributed by atoms with Crippen LogP contribution in [-0.4, -0.2) is 33.8 Å². The highest BCUT2D eigenvalue weighted by Gasteiger charge is 2.27. The summed E-state index contributed by atoms with van der Waals surface area (Å²) in [6, 6.07) is 7.01. The molecule has 0 radical (unpaired) electrons. The predicted molar refractivity (Wildman–Crippen MR) is 110 cm³/mol. The van der Waals surface area contributed by atoms with Crippen LogP contribution in [0.1, 0.15) is 17.4 Å². The number of thiophene rings is 1. The highest BCUT2D eigenvalue weighted by Crippen LogP contribution is 2.33. The van der Waals surface area contributed by atoms with E-state index >= 15 is 0 Å². The number of fused-ring (bicyclic) bond motifs is 3. The van der Waals surface area contributed by atoms with Gasteiger partial charge in [-0.05, 0) is 43.2 Å². The van der Waals surface area contributed by atoms with E-state index in [0.29, 0.717) is 47.0 Å². The van der Waals surface area contributed by atoms with Crippen molar-refractivity contribution in [3.05, 3.63) is 50.1 Å². The number of aromatic nitrogens is 2. The SMILES string of the molecule is CCOC(=O)N1CCc2c(sc3nc(Nc4ccc(Cl)cc4)n(N)c(=O)c23)C1. The molecular weight excluding hydrogens is 402 g/mol. The Hall–Kier alpha value is -2.78. The van der Waals surface area contributed by atoms with Gasteiger partial charge in [-0.25, -0.2) is 9.78 Å². The Morgan fingerprint density at radius 3 is 2.86 bits per heavy atom. The summed E-state index contributed by atoms with van der Waals surface area (Å²) in [5.74, 6) is 6.24. The van der Waals surface area contributed by atoms with Crippen molar-refractivity contribution >= 4 is 50.9 Å². The number of amides is 1. The van der Waals surface area contributed by atoms with E-state index in [4.69, 9.17) is 22.2 Å². The van der Waals surface area contributed by atoms with E-state index < -0.39 is 0 Å². The molecule has 1 amide bonds. The van der Waals surface area contributed by atoms with Gasteiger partial charge < -0.3 is 20.8 Å². The molecule has 4 rings (SSSR count). The van der Waals surface area contributed by atoms with E-state index in [1.165, 1.54) is 11.3 Å². The van der Waals surface area contributed by atoms with Gasteiger partial charge in [0.05, 0.1) is 18.5 Å². The molecule has 0 saturated heterocycles. The Labute approximate surface area is 169 Å². The Kier molecular flexibility index (Phi) is 4.86. The molecule has 0 bridgehead atoms. The average Bonchev–Trinajstić information content (AvgIpc) is 3.05. The van der Waals surface area contributed by atoms with Crippen LogP contribution in [0.4, 0.5) is 16.4 Å². The first-order valence-electron chi connectivity index (χ1n) is 8.74. The molecule has 1 aromatic carbocycles. The molecule has 10 heteroatoms. The maximum Gasteiger partial charge on any atom is 0.410 e. The van der Waals surface area contributed by atoms with Crippen molar-refractivity contribution in [2.45, 2.75) is 19.9 Å². The van der Waals surface area contributed by atoms with E-state index in [1.807, 2.05) is 0 Å². The number of carbonyl (C=O) groups is 1. The maximum absolute atomic E-state index is 12.9. The minimum absolute atomic E-state index is 0.237. The van der Waals surface area contributed by atoms with Crippen LogP contribution in [0, 0.1) is 0 Å². The van der Waals surface area contributed by atoms with Gasteiger partial charge in [0.2, 0.25) is 5.95 Å². The van der Waals surface area contributed by atoms with Gasteiger partial charge in [-0.2, -0.15) is 4.68 Å². The normalized spacial score (nSPS) is 13.4. The molecule has 1 aliphatic rings. The Bertz CT molecular complexity index is 1110. The largest absolute Gasteiger partial charge is 0.450 e. The molecule has 3 heterocycles. The predicted octanol–water partition coefficient (Wildman–Crippen LogP) is 3.08. The van der Waals surface area contributed by atoms with Crippen molar-refractivity contribution in [3.8, 4) is 0 Å². The van der Waals surface area contributed by atoms with Crippen LogP contribution in [0.3, 0.4) is 0 Å². The lowest BCUT2D eigenvalue weighted by Crippen LogP contribution is -2.36. The Morgan fingerprint density at radius 2 is 2.14 bits per heavy atom. The molecule has 0 unspecified atom stereocenters. The third-order valence-electron chi connectivity index (χ3n) is 4.53. The number of hydrogen-bond acceptors (Lipinski definition) is 7. The smallest absolute Gasteiger partial charge is 0.410 e. The number of benzene rings is 1. The first kappa shape index (κ1) is 18.6. The van der Waals surface area contributed by atoms with E-state index in [1.54, 1.807) is 36.1 Å². The minimum Gasteiger partial charge on any atom is -0.450 e. The minimum atomic E-state index is -0.347. The number of anilines is 2. The number of nitrogens with zero attached hydrogens (tertiary/aromatic N) is 3. The lowest BCUT2D eigenvalue weighted by atomic mass is 10.1. The van der Waals surface area contributed by atoms with Gasteiger partial charge in [-0.3, -0.25) is 4.79 Å². The molecule has 3 N–H and O–H groups in total. The number of nitrogens with two attached hydrogens (primary N) is 1. The van der Waals surface area contributed by atoms with Crippen LogP contribution in [0.25, 0.3) is 10.2 Å². The molecule has 0 aliphatic carbocycles. The van der Waals surface area contributed by atoms with Crippen molar-refractivity contribution in [2.75, 3.05) is 24.3 Å². The van der Waals surface area contributed by atoms with Gasteiger partial charge in [0.25, 0.3) is 5.56 Å². The van der Waals surface area contributed by atoms with Crippen LogP contribution in [0.5, 0.6) is 0 Å². The molecule has 0 atom stereocenters. The maximum atomic E-state index is 12.9. The van der Waals surface area contributed by atoms with Crippen molar-refractivity contribution < 1.29 is 9.53 Å². The van der Waals surface area contributed by atoms with Crippen LogP contribution in [0.15, 0.2) is 29.1 Å². The standard InChI is InChI=1S/C18H18ClN5O3S/c1-2-27-18(26)23-8-7-12-13(9-23)28-15-14(12)16(25)24(20)17(22-15)21-11-5-3-10(19)4-6-11/h3-6H,2,7-9,20H2,1H3,(H,21,22). The Morgan fingerprint density at radius 1 is 1.39 bits per heavy atom.